The number of fused-ring (bicyclic) bond motifs is 6. The Kier molecular flexibility index (Phi) is 26.3. The first-order chi connectivity index (χ1) is 49.4. The van der Waals surface area contributed by atoms with Crippen LogP contribution < -0.4 is 0 Å². The Morgan fingerprint density at radius 2 is 0.960 bits per heavy atom. The number of aromatic nitrogens is 4. The second-order valence-corrected chi connectivity index (χ2v) is 23.3. The fourth-order valence-corrected chi connectivity index (χ4v) is 10.3. The summed E-state index contributed by atoms with van der Waals surface area (Å²) in [5.41, 5.74) is 8.32. The molecule has 19 heteroatoms. The van der Waals surface area contributed by atoms with Crippen molar-refractivity contribution >= 4 is 54.0 Å². The van der Waals surface area contributed by atoms with Crippen molar-refractivity contribution in [1.29, 1.82) is 10.5 Å². The number of hydrogen-bond donors (Lipinski definition) is 1. The van der Waals surface area contributed by atoms with Crippen molar-refractivity contribution in [2.45, 2.75) is 45.9 Å². The number of furan rings is 2. The number of benzene rings is 8. The molecule has 14 aromatic rings. The molecule has 0 aliphatic rings. The van der Waals surface area contributed by atoms with Crippen molar-refractivity contribution in [3.63, 3.8) is 0 Å². The Hall–Kier alpha value is -10.1. The molecule has 0 fully saturated rings. The third kappa shape index (κ3) is 19.6. The number of rotatable bonds is 11. The molecular formula is C81H68F3Ir2N6O7S-3. The van der Waals surface area contributed by atoms with Crippen LogP contribution in [0.25, 0.3) is 111 Å². The molecule has 0 spiro atoms. The first-order valence-electron chi connectivity index (χ1n) is 33.2. The van der Waals surface area contributed by atoms with E-state index in [-0.39, 0.29) is 69.9 Å². The van der Waals surface area contributed by atoms with Gasteiger partial charge >= 0.3 is 15.6 Å². The molecule has 0 atom stereocenters. The molecule has 100 heavy (non-hydrogen) atoms. The van der Waals surface area contributed by atoms with Crippen LogP contribution in [-0.2, 0) is 67.3 Å². The van der Waals surface area contributed by atoms with Gasteiger partial charge in [0.1, 0.15) is 16.7 Å². The van der Waals surface area contributed by atoms with Crippen molar-refractivity contribution in [1.82, 2.24) is 19.9 Å². The number of nitriles is 2. The summed E-state index contributed by atoms with van der Waals surface area (Å²) in [6.45, 7) is 7.27. The van der Waals surface area contributed by atoms with Gasteiger partial charge in [0.25, 0.3) is 0 Å². The first kappa shape index (κ1) is 69.7. The minimum Gasteiger partial charge on any atom is -0.500 e. The molecule has 3 N–H and O–H groups in total. The van der Waals surface area contributed by atoms with Crippen LogP contribution in [0.2, 0.25) is 0 Å². The molecule has 14 rings (SSSR count). The van der Waals surface area contributed by atoms with Gasteiger partial charge < -0.3 is 34.4 Å². The summed E-state index contributed by atoms with van der Waals surface area (Å²) in [7, 11) is -3.89. The second kappa shape index (κ2) is 37.7. The average molecular weight is 1720 g/mol. The summed E-state index contributed by atoms with van der Waals surface area (Å²) >= 11 is 0. The van der Waals surface area contributed by atoms with Crippen LogP contribution in [0.3, 0.4) is 0 Å². The normalized spacial score (nSPS) is 11.8. The SMILES string of the molecule is CO.COS(=O)(=O)C(F)(F)F.O.[2H]c1cc(C([2H])([2H])C(C)C)cc(-c2[c-]ccc3c2oc2c(-c4ccccc4)c(C#N)ccc23)n1.[2H]c1cc(C([2H])([2H])C(C)C)cc(-c2cccc3c2oc2c(-c4ccccc4)c(C#N)ccc23)n1.[Ir].[Ir].[c-]1ccccc1-c1ccccn1.[c-]1ccccc1-c1ccccn1. The number of aliphatic hydroxyl groups is 1. The van der Waals surface area contributed by atoms with E-state index in [4.69, 9.17) is 22.2 Å². The van der Waals surface area contributed by atoms with Crippen LogP contribution >= 0.6 is 0 Å². The molecule has 0 amide bonds. The first-order valence-corrected chi connectivity index (χ1v) is 31.6. The Balaban J connectivity index is 0.000000226. The molecule has 2 radical (unpaired) electrons. The molecule has 0 saturated heterocycles. The number of para-hydroxylation sites is 1. The quantitative estimate of drug-likeness (QED) is 0.0726. The number of alkyl halides is 3. The van der Waals surface area contributed by atoms with Gasteiger partial charge in [0.15, 0.2) is 0 Å². The zero-order valence-corrected chi connectivity index (χ0v) is 60.2. The summed E-state index contributed by atoms with van der Waals surface area (Å²) < 4.78 is 119. The van der Waals surface area contributed by atoms with E-state index in [2.05, 4.69) is 54.5 Å². The second-order valence-electron chi connectivity index (χ2n) is 21.6. The van der Waals surface area contributed by atoms with E-state index < -0.39 is 28.4 Å². The number of halogens is 3. The largest absolute Gasteiger partial charge is 0.523 e. The molecule has 6 heterocycles. The molecule has 0 aliphatic heterocycles. The maximum atomic E-state index is 11.1. The standard InChI is InChI=1S/C28H22N2O.C28H21N2O.2C11H8N.C2H3F3O3S.CH4O.2Ir.H2O/c2*1-18(2)15-19-13-14-30-25(16-19)24-10-6-9-22-23-12-11-21(17-29)26(28(23)31-27(22)24)20-7-4-3-5-8-20;2*1-2-6-10(7-3-1)11-8-4-5-9-12-11;1-8-9(6,7)2(3,4)5;1-2;;;/h3-14,16,18H,15H2,1-2H3;3-9,11-14,16,18H,15H2,1-2H3;2*1-6,8-9H;1H3;2H,1H3;;;1H2/q;3*-1;;;;;/i2*14D,15D2;;;;;;;. The summed E-state index contributed by atoms with van der Waals surface area (Å²) in [6.07, 6.45) is 0.346. The molecule has 512 valence electrons. The van der Waals surface area contributed by atoms with Crippen LogP contribution in [0.15, 0.2) is 258 Å². The van der Waals surface area contributed by atoms with Gasteiger partial charge in [-0.2, -0.15) is 32.1 Å². The van der Waals surface area contributed by atoms with Gasteiger partial charge in [-0.05, 0) is 113 Å². The number of hydrogen-bond acceptors (Lipinski definition) is 12. The van der Waals surface area contributed by atoms with Crippen LogP contribution in [0, 0.1) is 52.7 Å². The van der Waals surface area contributed by atoms with Crippen molar-refractivity contribution in [3.05, 3.63) is 290 Å². The molecule has 13 nitrogen and oxygen atoms in total. The Morgan fingerprint density at radius 3 is 1.38 bits per heavy atom. The fraction of sp³-hybridized carbons (Fsp3) is 0.136. The monoisotopic (exact) mass is 1720 g/mol. The van der Waals surface area contributed by atoms with E-state index in [0.29, 0.717) is 74.2 Å². The van der Waals surface area contributed by atoms with Crippen molar-refractivity contribution in [2.24, 2.45) is 11.8 Å². The van der Waals surface area contributed by atoms with Crippen molar-refractivity contribution < 1.29 is 93.6 Å². The van der Waals surface area contributed by atoms with E-state index in [1.165, 1.54) is 12.1 Å². The molecule has 0 saturated carbocycles. The van der Waals surface area contributed by atoms with Crippen LogP contribution in [0.5, 0.6) is 0 Å². The van der Waals surface area contributed by atoms with E-state index in [1.807, 2.05) is 216 Å². The van der Waals surface area contributed by atoms with Gasteiger partial charge in [-0.1, -0.05) is 153 Å². The molecular weight excluding hydrogens is 1640 g/mol. The molecule has 6 aromatic heterocycles. The van der Waals surface area contributed by atoms with E-state index >= 15 is 0 Å². The predicted octanol–water partition coefficient (Wildman–Crippen LogP) is 18.9. The zero-order valence-electron chi connectivity index (χ0n) is 60.6. The number of aliphatic hydroxyl groups excluding tert-OH is 1. The maximum absolute atomic E-state index is 11.1. The maximum Gasteiger partial charge on any atom is 0.523 e. The average Bonchev–Trinajstić information content (AvgIpc) is 1.58. The topological polar surface area (TPSA) is 221 Å². The van der Waals surface area contributed by atoms with Gasteiger partial charge in [0.2, 0.25) is 0 Å². The summed E-state index contributed by atoms with van der Waals surface area (Å²) in [5, 5.41) is 30.0. The fourth-order valence-electron chi connectivity index (χ4n) is 10.2. The van der Waals surface area contributed by atoms with E-state index in [0.717, 1.165) is 73.4 Å². The van der Waals surface area contributed by atoms with Gasteiger partial charge in [-0.25, -0.2) is 0 Å². The van der Waals surface area contributed by atoms with E-state index in [9.17, 15) is 32.1 Å². The van der Waals surface area contributed by atoms with Gasteiger partial charge in [0, 0.05) is 110 Å². The molecule has 0 aliphatic carbocycles. The molecule has 0 unspecified atom stereocenters. The number of nitrogens with zero attached hydrogens (tertiary/aromatic N) is 6. The van der Waals surface area contributed by atoms with Crippen LogP contribution in [-0.4, -0.2) is 58.7 Å². The summed E-state index contributed by atoms with van der Waals surface area (Å²) in [6, 6.07) is 83.9. The van der Waals surface area contributed by atoms with Gasteiger partial charge in [-0.15, -0.1) is 90.0 Å². The van der Waals surface area contributed by atoms with Crippen molar-refractivity contribution in [2.75, 3.05) is 14.2 Å². The third-order valence-corrected chi connectivity index (χ3v) is 15.3. The van der Waals surface area contributed by atoms with Crippen LogP contribution in [0.1, 0.15) is 58.2 Å². The zero-order chi connectivity index (χ0) is 74.2. The number of pyridine rings is 4. The Morgan fingerprint density at radius 1 is 0.520 bits per heavy atom. The summed E-state index contributed by atoms with van der Waals surface area (Å²) in [4.78, 5) is 17.2. The van der Waals surface area contributed by atoms with Gasteiger partial charge in [0.05, 0.1) is 44.4 Å². The van der Waals surface area contributed by atoms with E-state index in [1.54, 1.807) is 36.7 Å². The molecule has 8 aromatic carbocycles. The van der Waals surface area contributed by atoms with Crippen molar-refractivity contribution in [3.8, 4) is 79.4 Å². The summed E-state index contributed by atoms with van der Waals surface area (Å²) in [5.74, 6) is -0.534. The van der Waals surface area contributed by atoms with Crippen LogP contribution in [0.4, 0.5) is 13.2 Å². The predicted molar refractivity (Wildman–Crippen MR) is 381 cm³/mol. The Labute approximate surface area is 615 Å². The minimum absolute atomic E-state index is 0. The smallest absolute Gasteiger partial charge is 0.500 e. The third-order valence-electron chi connectivity index (χ3n) is 14.3. The minimum atomic E-state index is -5.34. The Bertz CT molecular complexity index is 5050. The molecule has 0 bridgehead atoms. The van der Waals surface area contributed by atoms with Gasteiger partial charge in [-0.3, -0.25) is 9.17 Å².